The van der Waals surface area contributed by atoms with E-state index < -0.39 is 0 Å². The highest BCUT2D eigenvalue weighted by atomic mass is 16.5. The Labute approximate surface area is 95.1 Å². The van der Waals surface area contributed by atoms with Crippen LogP contribution in [0.3, 0.4) is 0 Å². The largest absolute Gasteiger partial charge is 0.508 e. The van der Waals surface area contributed by atoms with E-state index in [9.17, 15) is 5.11 Å². The zero-order valence-electron chi connectivity index (χ0n) is 9.13. The van der Waals surface area contributed by atoms with Gasteiger partial charge in [-0.1, -0.05) is 36.4 Å². The molecule has 0 amide bonds. The zero-order valence-corrected chi connectivity index (χ0v) is 9.13. The Bertz CT molecular complexity index is 451. The van der Waals surface area contributed by atoms with Crippen LogP contribution in [0.1, 0.15) is 18.6 Å². The van der Waals surface area contributed by atoms with Gasteiger partial charge >= 0.3 is 0 Å². The van der Waals surface area contributed by atoms with Crippen molar-refractivity contribution in [2.24, 2.45) is 0 Å². The van der Waals surface area contributed by atoms with Crippen LogP contribution in [0.25, 0.3) is 0 Å². The van der Waals surface area contributed by atoms with Gasteiger partial charge in [-0.05, 0) is 25.1 Å². The molecule has 1 unspecified atom stereocenters. The summed E-state index contributed by atoms with van der Waals surface area (Å²) in [6.45, 7) is 1.92. The highest BCUT2D eigenvalue weighted by Crippen LogP contribution is 2.27. The standard InChI is InChI=1S/C14H14O2/c1-11(13-9-5-6-10-14(13)15)16-12-7-3-2-4-8-12/h2-11,15H,1H3. The Morgan fingerprint density at radius 1 is 0.938 bits per heavy atom. The molecule has 0 aromatic heterocycles. The number of hydrogen-bond acceptors (Lipinski definition) is 2. The molecule has 0 saturated carbocycles. The first-order chi connectivity index (χ1) is 7.77. The van der Waals surface area contributed by atoms with Crippen molar-refractivity contribution >= 4 is 0 Å². The average Bonchev–Trinajstić information content (AvgIpc) is 2.31. The van der Waals surface area contributed by atoms with Crippen LogP contribution in [-0.4, -0.2) is 5.11 Å². The highest BCUT2D eigenvalue weighted by Gasteiger charge is 2.10. The summed E-state index contributed by atoms with van der Waals surface area (Å²) in [5, 5.41) is 9.68. The van der Waals surface area contributed by atoms with E-state index in [1.54, 1.807) is 12.1 Å². The number of rotatable bonds is 3. The van der Waals surface area contributed by atoms with Gasteiger partial charge in [0.25, 0.3) is 0 Å². The summed E-state index contributed by atoms with van der Waals surface area (Å²) in [5.74, 6) is 1.07. The Morgan fingerprint density at radius 2 is 1.56 bits per heavy atom. The molecule has 2 heteroatoms. The zero-order chi connectivity index (χ0) is 11.4. The topological polar surface area (TPSA) is 29.5 Å². The third kappa shape index (κ3) is 2.34. The van der Waals surface area contributed by atoms with Gasteiger partial charge in [0.15, 0.2) is 0 Å². The van der Waals surface area contributed by atoms with Crippen LogP contribution >= 0.6 is 0 Å². The number of hydrogen-bond donors (Lipinski definition) is 1. The monoisotopic (exact) mass is 214 g/mol. The summed E-state index contributed by atoms with van der Waals surface area (Å²) in [5.41, 5.74) is 0.798. The Kier molecular flexibility index (Phi) is 3.10. The molecule has 1 atom stereocenters. The SMILES string of the molecule is CC(Oc1ccccc1)c1ccccc1O. The number of phenolic OH excluding ortho intramolecular Hbond substituents is 1. The van der Waals surface area contributed by atoms with Gasteiger partial charge in [0, 0.05) is 5.56 Å². The van der Waals surface area contributed by atoms with Crippen LogP contribution in [0.4, 0.5) is 0 Å². The van der Waals surface area contributed by atoms with Crippen LogP contribution in [0.2, 0.25) is 0 Å². The molecular formula is C14H14O2. The van der Waals surface area contributed by atoms with E-state index in [0.29, 0.717) is 0 Å². The van der Waals surface area contributed by atoms with Crippen LogP contribution in [-0.2, 0) is 0 Å². The quantitative estimate of drug-likeness (QED) is 0.846. The minimum absolute atomic E-state index is 0.163. The van der Waals surface area contributed by atoms with Gasteiger partial charge in [-0.25, -0.2) is 0 Å². The fraction of sp³-hybridized carbons (Fsp3) is 0.143. The number of para-hydroxylation sites is 2. The minimum atomic E-state index is -0.163. The number of benzene rings is 2. The molecule has 0 aliphatic carbocycles. The van der Waals surface area contributed by atoms with E-state index in [2.05, 4.69) is 0 Å². The van der Waals surface area contributed by atoms with E-state index in [0.717, 1.165) is 11.3 Å². The van der Waals surface area contributed by atoms with Gasteiger partial charge in [0.1, 0.15) is 17.6 Å². The Hall–Kier alpha value is -1.96. The molecule has 0 radical (unpaired) electrons. The molecule has 2 rings (SSSR count). The molecule has 1 N–H and O–H groups in total. The average molecular weight is 214 g/mol. The second-order valence-corrected chi connectivity index (χ2v) is 3.63. The molecule has 2 aromatic rings. The van der Waals surface area contributed by atoms with E-state index in [1.807, 2.05) is 49.4 Å². The van der Waals surface area contributed by atoms with Crippen LogP contribution in [0.5, 0.6) is 11.5 Å². The predicted octanol–water partition coefficient (Wildman–Crippen LogP) is 3.53. The summed E-state index contributed by atoms with van der Waals surface area (Å²) >= 11 is 0. The van der Waals surface area contributed by atoms with E-state index >= 15 is 0 Å². The molecule has 16 heavy (non-hydrogen) atoms. The highest BCUT2D eigenvalue weighted by molar-refractivity contribution is 5.34. The van der Waals surface area contributed by atoms with Gasteiger partial charge in [0.05, 0.1) is 0 Å². The molecule has 0 fully saturated rings. The summed E-state index contributed by atoms with van der Waals surface area (Å²) in [6, 6.07) is 16.8. The summed E-state index contributed by atoms with van der Waals surface area (Å²) < 4.78 is 5.72. The summed E-state index contributed by atoms with van der Waals surface area (Å²) in [7, 11) is 0. The lowest BCUT2D eigenvalue weighted by molar-refractivity contribution is 0.222. The first kappa shape index (κ1) is 10.6. The van der Waals surface area contributed by atoms with Gasteiger partial charge in [-0.2, -0.15) is 0 Å². The van der Waals surface area contributed by atoms with Crippen molar-refractivity contribution in [2.45, 2.75) is 13.0 Å². The van der Waals surface area contributed by atoms with Crippen molar-refractivity contribution in [3.63, 3.8) is 0 Å². The van der Waals surface area contributed by atoms with E-state index in [-0.39, 0.29) is 11.9 Å². The van der Waals surface area contributed by atoms with E-state index in [4.69, 9.17) is 4.74 Å². The first-order valence-corrected chi connectivity index (χ1v) is 5.27. The van der Waals surface area contributed by atoms with Crippen molar-refractivity contribution in [3.05, 3.63) is 60.2 Å². The summed E-state index contributed by atoms with van der Waals surface area (Å²) in [6.07, 6.45) is -0.163. The molecule has 0 aliphatic rings. The molecule has 0 aliphatic heterocycles. The summed E-state index contributed by atoms with van der Waals surface area (Å²) in [4.78, 5) is 0. The maximum Gasteiger partial charge on any atom is 0.124 e. The van der Waals surface area contributed by atoms with Crippen LogP contribution in [0.15, 0.2) is 54.6 Å². The lowest BCUT2D eigenvalue weighted by Gasteiger charge is -2.15. The fourth-order valence-electron chi connectivity index (χ4n) is 1.60. The van der Waals surface area contributed by atoms with E-state index in [1.165, 1.54) is 0 Å². The maximum atomic E-state index is 9.68. The lowest BCUT2D eigenvalue weighted by Crippen LogP contribution is -2.02. The van der Waals surface area contributed by atoms with Crippen molar-refractivity contribution in [2.75, 3.05) is 0 Å². The molecule has 0 saturated heterocycles. The smallest absolute Gasteiger partial charge is 0.124 e. The van der Waals surface area contributed by atoms with Crippen LogP contribution < -0.4 is 4.74 Å². The van der Waals surface area contributed by atoms with Crippen molar-refractivity contribution in [1.82, 2.24) is 0 Å². The third-order valence-electron chi connectivity index (χ3n) is 2.43. The van der Waals surface area contributed by atoms with Gasteiger partial charge in [0.2, 0.25) is 0 Å². The number of aromatic hydroxyl groups is 1. The number of ether oxygens (including phenoxy) is 1. The minimum Gasteiger partial charge on any atom is -0.508 e. The van der Waals surface area contributed by atoms with Gasteiger partial charge < -0.3 is 9.84 Å². The van der Waals surface area contributed by atoms with Gasteiger partial charge in [-0.3, -0.25) is 0 Å². The Morgan fingerprint density at radius 3 is 2.25 bits per heavy atom. The molecule has 2 nitrogen and oxygen atoms in total. The molecule has 0 bridgehead atoms. The molecular weight excluding hydrogens is 200 g/mol. The maximum absolute atomic E-state index is 9.68. The Balaban J connectivity index is 2.15. The molecule has 82 valence electrons. The lowest BCUT2D eigenvalue weighted by atomic mass is 10.1. The second-order valence-electron chi connectivity index (χ2n) is 3.63. The van der Waals surface area contributed by atoms with Gasteiger partial charge in [-0.15, -0.1) is 0 Å². The molecule has 0 spiro atoms. The van der Waals surface area contributed by atoms with Crippen LogP contribution in [0, 0.1) is 0 Å². The molecule has 0 heterocycles. The molecule has 2 aromatic carbocycles. The van der Waals surface area contributed by atoms with Crippen molar-refractivity contribution in [1.29, 1.82) is 0 Å². The second kappa shape index (κ2) is 4.71. The van der Waals surface area contributed by atoms with Crippen molar-refractivity contribution in [3.8, 4) is 11.5 Å². The third-order valence-corrected chi connectivity index (χ3v) is 2.43. The van der Waals surface area contributed by atoms with Crippen molar-refractivity contribution < 1.29 is 9.84 Å². The predicted molar refractivity (Wildman–Crippen MR) is 63.6 cm³/mol. The fourth-order valence-corrected chi connectivity index (χ4v) is 1.60. The normalized spacial score (nSPS) is 12.1. The first-order valence-electron chi connectivity index (χ1n) is 5.27. The number of phenols is 1.